The molecule has 1 heterocycles. The Morgan fingerprint density at radius 3 is 2.89 bits per heavy atom. The molecule has 2 rings (SSSR count). The molecule has 1 N–H and O–H groups in total. The molecule has 0 bridgehead atoms. The second kappa shape index (κ2) is 6.30. The highest BCUT2D eigenvalue weighted by atomic mass is 79.9. The Labute approximate surface area is 124 Å². The van der Waals surface area contributed by atoms with E-state index in [0.717, 1.165) is 22.2 Å². The van der Waals surface area contributed by atoms with Gasteiger partial charge in [-0.1, -0.05) is 28.1 Å². The van der Waals surface area contributed by atoms with Gasteiger partial charge in [0.05, 0.1) is 17.1 Å². The number of carboxylic acid groups (broad SMARTS) is 1. The van der Waals surface area contributed by atoms with E-state index in [1.54, 1.807) is 16.8 Å². The van der Waals surface area contributed by atoms with Gasteiger partial charge in [-0.3, -0.25) is 4.79 Å². The minimum Gasteiger partial charge on any atom is -0.481 e. The zero-order valence-electron chi connectivity index (χ0n) is 10.5. The molecular formula is C14H14BrNO2S. The molecule has 0 fully saturated rings. The van der Waals surface area contributed by atoms with Crippen molar-refractivity contribution in [2.75, 3.05) is 0 Å². The molecule has 100 valence electrons. The summed E-state index contributed by atoms with van der Waals surface area (Å²) < 4.78 is 0.908. The molecule has 5 heteroatoms. The molecule has 0 aliphatic rings. The third kappa shape index (κ3) is 3.64. The van der Waals surface area contributed by atoms with E-state index >= 15 is 0 Å². The van der Waals surface area contributed by atoms with Crippen molar-refractivity contribution in [2.45, 2.75) is 25.7 Å². The van der Waals surface area contributed by atoms with Gasteiger partial charge in [0.1, 0.15) is 0 Å². The first-order valence-electron chi connectivity index (χ1n) is 5.95. The van der Waals surface area contributed by atoms with Gasteiger partial charge in [-0.05, 0) is 37.5 Å². The van der Waals surface area contributed by atoms with E-state index in [-0.39, 0.29) is 0 Å². The van der Waals surface area contributed by atoms with Gasteiger partial charge in [0, 0.05) is 9.35 Å². The van der Waals surface area contributed by atoms with Gasteiger partial charge >= 0.3 is 5.97 Å². The zero-order chi connectivity index (χ0) is 13.8. The number of hydrogen-bond donors (Lipinski definition) is 1. The van der Waals surface area contributed by atoms with E-state index in [1.807, 2.05) is 31.2 Å². The summed E-state index contributed by atoms with van der Waals surface area (Å²) in [5, 5.41) is 9.39. The summed E-state index contributed by atoms with van der Waals surface area (Å²) in [4.78, 5) is 16.8. The largest absolute Gasteiger partial charge is 0.481 e. The van der Waals surface area contributed by atoms with Crippen molar-refractivity contribution in [1.82, 2.24) is 4.98 Å². The average molecular weight is 340 g/mol. The summed E-state index contributed by atoms with van der Waals surface area (Å²) >= 11 is 4.97. The fourth-order valence-electron chi connectivity index (χ4n) is 2.00. The lowest BCUT2D eigenvalue weighted by atomic mass is 9.94. The molecule has 0 radical (unpaired) electrons. The number of rotatable bonds is 5. The van der Waals surface area contributed by atoms with Gasteiger partial charge in [-0.25, -0.2) is 4.98 Å². The smallest absolute Gasteiger partial charge is 0.310 e. The number of hydrogen-bond acceptors (Lipinski definition) is 3. The van der Waals surface area contributed by atoms with E-state index in [1.165, 1.54) is 4.88 Å². The predicted octanol–water partition coefficient (Wildman–Crippen LogP) is 4.02. The topological polar surface area (TPSA) is 50.2 Å². The van der Waals surface area contributed by atoms with Crippen molar-refractivity contribution in [3.8, 4) is 0 Å². The van der Waals surface area contributed by atoms with Gasteiger partial charge in [-0.15, -0.1) is 11.3 Å². The molecule has 19 heavy (non-hydrogen) atoms. The van der Waals surface area contributed by atoms with E-state index in [4.69, 9.17) is 0 Å². The number of aliphatic carboxylic acids is 1. The monoisotopic (exact) mass is 339 g/mol. The summed E-state index contributed by atoms with van der Waals surface area (Å²) in [6, 6.07) is 7.50. The first-order valence-corrected chi connectivity index (χ1v) is 7.62. The Morgan fingerprint density at radius 2 is 2.32 bits per heavy atom. The standard InChI is InChI=1S/C14H14BrNO2S/c1-9-13(19-8-16-9)6-5-12(14(17)18)10-3-2-4-11(15)7-10/h2-4,7-8,12H,5-6H2,1H3,(H,17,18). The quantitative estimate of drug-likeness (QED) is 0.895. The van der Waals surface area contributed by atoms with Crippen molar-refractivity contribution >= 4 is 33.2 Å². The maximum atomic E-state index is 11.4. The summed E-state index contributed by atoms with van der Waals surface area (Å²) in [7, 11) is 0. The highest BCUT2D eigenvalue weighted by Crippen LogP contribution is 2.26. The molecule has 0 aliphatic carbocycles. The molecular weight excluding hydrogens is 326 g/mol. The number of carboxylic acids is 1. The van der Waals surface area contributed by atoms with Gasteiger partial charge in [0.15, 0.2) is 0 Å². The maximum absolute atomic E-state index is 11.4. The molecule has 1 aromatic carbocycles. The number of aromatic nitrogens is 1. The lowest BCUT2D eigenvalue weighted by Crippen LogP contribution is -2.12. The number of halogens is 1. The third-order valence-electron chi connectivity index (χ3n) is 3.05. The van der Waals surface area contributed by atoms with Crippen LogP contribution in [0.4, 0.5) is 0 Å². The van der Waals surface area contributed by atoms with Crippen molar-refractivity contribution in [2.24, 2.45) is 0 Å². The minimum atomic E-state index is -0.778. The Balaban J connectivity index is 2.13. The molecule has 0 spiro atoms. The van der Waals surface area contributed by atoms with E-state index in [2.05, 4.69) is 20.9 Å². The van der Waals surface area contributed by atoms with Crippen LogP contribution in [0, 0.1) is 6.92 Å². The van der Waals surface area contributed by atoms with E-state index in [9.17, 15) is 9.90 Å². The molecule has 0 aliphatic heterocycles. The van der Waals surface area contributed by atoms with Crippen molar-refractivity contribution in [3.05, 3.63) is 50.4 Å². The second-order valence-corrected chi connectivity index (χ2v) is 6.20. The fraction of sp³-hybridized carbons (Fsp3) is 0.286. The van der Waals surface area contributed by atoms with Crippen LogP contribution in [-0.4, -0.2) is 16.1 Å². The minimum absolute atomic E-state index is 0.473. The number of thiazole rings is 1. The highest BCUT2D eigenvalue weighted by molar-refractivity contribution is 9.10. The number of nitrogens with zero attached hydrogens (tertiary/aromatic N) is 1. The van der Waals surface area contributed by atoms with Crippen LogP contribution in [0.15, 0.2) is 34.2 Å². The molecule has 3 nitrogen and oxygen atoms in total. The van der Waals surface area contributed by atoms with Gasteiger partial charge < -0.3 is 5.11 Å². The summed E-state index contributed by atoms with van der Waals surface area (Å²) in [5.74, 6) is -1.25. The van der Waals surface area contributed by atoms with Crippen molar-refractivity contribution in [3.63, 3.8) is 0 Å². The van der Waals surface area contributed by atoms with Crippen molar-refractivity contribution in [1.29, 1.82) is 0 Å². The highest BCUT2D eigenvalue weighted by Gasteiger charge is 2.20. The Morgan fingerprint density at radius 1 is 1.53 bits per heavy atom. The van der Waals surface area contributed by atoms with Gasteiger partial charge in [0.25, 0.3) is 0 Å². The van der Waals surface area contributed by atoms with Crippen molar-refractivity contribution < 1.29 is 9.90 Å². The average Bonchev–Trinajstić information content (AvgIpc) is 2.75. The van der Waals surface area contributed by atoms with Crippen LogP contribution >= 0.6 is 27.3 Å². The molecule has 1 atom stereocenters. The Kier molecular flexibility index (Phi) is 4.71. The summed E-state index contributed by atoms with van der Waals surface area (Å²) in [5.41, 5.74) is 3.65. The lowest BCUT2D eigenvalue weighted by Gasteiger charge is -2.12. The van der Waals surface area contributed by atoms with Crippen LogP contribution < -0.4 is 0 Å². The summed E-state index contributed by atoms with van der Waals surface area (Å²) in [6.07, 6.45) is 1.34. The first kappa shape index (κ1) is 14.2. The number of carbonyl (C=O) groups is 1. The van der Waals surface area contributed by atoms with Crippen LogP contribution in [0.5, 0.6) is 0 Å². The number of benzene rings is 1. The molecule has 1 unspecified atom stereocenters. The zero-order valence-corrected chi connectivity index (χ0v) is 12.9. The predicted molar refractivity (Wildman–Crippen MR) is 79.7 cm³/mol. The summed E-state index contributed by atoms with van der Waals surface area (Å²) in [6.45, 7) is 1.96. The van der Waals surface area contributed by atoms with Crippen LogP contribution in [-0.2, 0) is 11.2 Å². The maximum Gasteiger partial charge on any atom is 0.310 e. The van der Waals surface area contributed by atoms with E-state index in [0.29, 0.717) is 6.42 Å². The van der Waals surface area contributed by atoms with Gasteiger partial charge in [0.2, 0.25) is 0 Å². The van der Waals surface area contributed by atoms with E-state index < -0.39 is 11.9 Å². The third-order valence-corrected chi connectivity index (χ3v) is 4.54. The molecule has 0 amide bonds. The number of aryl methyl sites for hydroxylation is 2. The Bertz CT molecular complexity index is 582. The normalized spacial score (nSPS) is 12.3. The Hall–Kier alpha value is -1.20. The fourth-order valence-corrected chi connectivity index (χ4v) is 3.21. The SMILES string of the molecule is Cc1ncsc1CCC(C(=O)O)c1cccc(Br)c1. The first-order chi connectivity index (χ1) is 9.08. The molecule has 0 saturated carbocycles. The molecule has 0 saturated heterocycles. The van der Waals surface area contributed by atoms with Crippen LogP contribution in [0.25, 0.3) is 0 Å². The lowest BCUT2D eigenvalue weighted by molar-refractivity contribution is -0.138. The van der Waals surface area contributed by atoms with Crippen LogP contribution in [0.1, 0.15) is 28.5 Å². The van der Waals surface area contributed by atoms with Crippen LogP contribution in [0.2, 0.25) is 0 Å². The van der Waals surface area contributed by atoms with Gasteiger partial charge in [-0.2, -0.15) is 0 Å². The molecule has 1 aromatic heterocycles. The van der Waals surface area contributed by atoms with Crippen LogP contribution in [0.3, 0.4) is 0 Å². The molecule has 2 aromatic rings. The second-order valence-electron chi connectivity index (χ2n) is 4.35.